The van der Waals surface area contributed by atoms with Crippen molar-refractivity contribution < 1.29 is 22.0 Å². The zero-order chi connectivity index (χ0) is 18.7. The Morgan fingerprint density at radius 3 is 2.35 bits per heavy atom. The van der Waals surface area contributed by atoms with Gasteiger partial charge in [-0.3, -0.25) is 0 Å². The summed E-state index contributed by atoms with van der Waals surface area (Å²) in [6.45, 7) is 2.43. The molecule has 0 atom stereocenters. The molecular formula is C18H17FN2O4S. The van der Waals surface area contributed by atoms with Crippen molar-refractivity contribution in [3.8, 4) is 17.2 Å². The van der Waals surface area contributed by atoms with Crippen LogP contribution in [0, 0.1) is 5.82 Å². The Hall–Kier alpha value is -2.87. The average Bonchev–Trinajstić information content (AvgIpc) is 3.08. The average molecular weight is 376 g/mol. The second kappa shape index (κ2) is 7.17. The molecule has 0 amide bonds. The first-order valence-corrected chi connectivity index (χ1v) is 9.36. The Labute approximate surface area is 150 Å². The maximum atomic E-state index is 13.1. The number of rotatable bonds is 6. The third-order valence-electron chi connectivity index (χ3n) is 3.61. The fraction of sp³-hybridized carbons (Fsp3) is 0.167. The van der Waals surface area contributed by atoms with Crippen LogP contribution in [-0.4, -0.2) is 27.1 Å². The summed E-state index contributed by atoms with van der Waals surface area (Å²) < 4.78 is 49.6. The van der Waals surface area contributed by atoms with E-state index in [1.165, 1.54) is 19.2 Å². The summed E-state index contributed by atoms with van der Waals surface area (Å²) in [6.07, 6.45) is 0. The van der Waals surface area contributed by atoms with E-state index < -0.39 is 15.7 Å². The lowest BCUT2D eigenvalue weighted by atomic mass is 10.2. The number of nitrogens with one attached hydrogen (secondary N) is 1. The third kappa shape index (κ3) is 3.41. The molecule has 26 heavy (non-hydrogen) atoms. The number of anilines is 1. The highest BCUT2D eigenvalue weighted by Gasteiger charge is 2.28. The molecule has 0 aliphatic carbocycles. The first-order chi connectivity index (χ1) is 12.5. The van der Waals surface area contributed by atoms with Crippen LogP contribution in [-0.2, 0) is 9.84 Å². The van der Waals surface area contributed by atoms with Crippen LogP contribution in [0.4, 0.5) is 10.3 Å². The fourth-order valence-electron chi connectivity index (χ4n) is 2.36. The van der Waals surface area contributed by atoms with Crippen molar-refractivity contribution in [1.82, 2.24) is 4.98 Å². The molecule has 0 radical (unpaired) electrons. The molecule has 1 aromatic heterocycles. The third-order valence-corrected chi connectivity index (χ3v) is 5.29. The molecule has 0 spiro atoms. The highest BCUT2D eigenvalue weighted by molar-refractivity contribution is 7.91. The first kappa shape index (κ1) is 17.9. The summed E-state index contributed by atoms with van der Waals surface area (Å²) in [5.74, 6) is 0.333. The molecule has 3 rings (SSSR count). The number of hydrogen-bond acceptors (Lipinski definition) is 6. The molecular weight excluding hydrogens is 359 g/mol. The lowest BCUT2D eigenvalue weighted by molar-refractivity contribution is 0.340. The van der Waals surface area contributed by atoms with Gasteiger partial charge in [0, 0.05) is 12.6 Å². The molecule has 0 aliphatic heterocycles. The molecule has 8 heteroatoms. The van der Waals surface area contributed by atoms with Crippen LogP contribution < -0.4 is 10.1 Å². The number of hydrogen-bond donors (Lipinski definition) is 1. The lowest BCUT2D eigenvalue weighted by Crippen LogP contribution is -2.05. The molecule has 0 fully saturated rings. The Bertz CT molecular complexity index is 997. The number of nitrogens with zero attached hydrogens (tertiary/aromatic N) is 1. The van der Waals surface area contributed by atoms with Gasteiger partial charge in [0.2, 0.25) is 26.6 Å². The van der Waals surface area contributed by atoms with Crippen LogP contribution in [0.1, 0.15) is 6.92 Å². The molecule has 0 saturated heterocycles. The van der Waals surface area contributed by atoms with Crippen LogP contribution >= 0.6 is 0 Å². The van der Waals surface area contributed by atoms with E-state index in [2.05, 4.69) is 10.3 Å². The van der Waals surface area contributed by atoms with Gasteiger partial charge in [0.25, 0.3) is 0 Å². The predicted molar refractivity (Wildman–Crippen MR) is 94.5 cm³/mol. The van der Waals surface area contributed by atoms with E-state index in [0.717, 1.165) is 12.1 Å². The van der Waals surface area contributed by atoms with Crippen LogP contribution in [0.25, 0.3) is 11.5 Å². The van der Waals surface area contributed by atoms with Crippen molar-refractivity contribution in [2.24, 2.45) is 0 Å². The predicted octanol–water partition coefficient (Wildman–Crippen LogP) is 3.75. The number of benzene rings is 2. The monoisotopic (exact) mass is 376 g/mol. The van der Waals surface area contributed by atoms with Crippen molar-refractivity contribution in [2.75, 3.05) is 19.0 Å². The normalized spacial score (nSPS) is 11.3. The van der Waals surface area contributed by atoms with E-state index in [0.29, 0.717) is 17.9 Å². The van der Waals surface area contributed by atoms with Crippen LogP contribution in [0.5, 0.6) is 5.75 Å². The summed E-state index contributed by atoms with van der Waals surface area (Å²) >= 11 is 0. The maximum Gasteiger partial charge on any atom is 0.233 e. The second-order valence-corrected chi connectivity index (χ2v) is 7.18. The van der Waals surface area contributed by atoms with E-state index in [1.54, 1.807) is 24.3 Å². The molecule has 136 valence electrons. The fourth-order valence-corrected chi connectivity index (χ4v) is 3.66. The Balaban J connectivity index is 2.02. The van der Waals surface area contributed by atoms with E-state index >= 15 is 0 Å². The molecule has 0 bridgehead atoms. The van der Waals surface area contributed by atoms with Gasteiger partial charge >= 0.3 is 0 Å². The quantitative estimate of drug-likeness (QED) is 0.660. The van der Waals surface area contributed by atoms with Gasteiger partial charge in [-0.05, 0) is 55.5 Å². The van der Waals surface area contributed by atoms with Crippen LogP contribution in [0.3, 0.4) is 0 Å². The number of halogens is 1. The van der Waals surface area contributed by atoms with Gasteiger partial charge in [0.05, 0.1) is 11.5 Å². The zero-order valence-corrected chi connectivity index (χ0v) is 15.0. The van der Waals surface area contributed by atoms with E-state index in [1.807, 2.05) is 6.92 Å². The van der Waals surface area contributed by atoms with Crippen molar-refractivity contribution in [1.29, 1.82) is 0 Å². The van der Waals surface area contributed by atoms with E-state index in [4.69, 9.17) is 9.15 Å². The number of oxazole rings is 1. The van der Waals surface area contributed by atoms with Crippen LogP contribution in [0.2, 0.25) is 0 Å². The molecule has 6 nitrogen and oxygen atoms in total. The van der Waals surface area contributed by atoms with Gasteiger partial charge in [-0.1, -0.05) is 0 Å². The standard InChI is InChI=1S/C18H17FN2O4S/c1-3-24-14-8-4-12(5-9-14)16-21-18(17(20-2)25-16)26(22,23)15-10-6-13(19)7-11-15/h4-11,20H,3H2,1-2H3. The van der Waals surface area contributed by atoms with E-state index in [9.17, 15) is 12.8 Å². The van der Waals surface area contributed by atoms with Gasteiger partial charge < -0.3 is 14.5 Å². The van der Waals surface area contributed by atoms with Crippen molar-refractivity contribution in [2.45, 2.75) is 16.8 Å². The summed E-state index contributed by atoms with van der Waals surface area (Å²) in [4.78, 5) is 4.08. The zero-order valence-electron chi connectivity index (χ0n) is 14.2. The summed E-state index contributed by atoms with van der Waals surface area (Å²) in [7, 11) is -2.43. The summed E-state index contributed by atoms with van der Waals surface area (Å²) in [5, 5.41) is 2.44. The molecule has 0 unspecified atom stereocenters. The SMILES string of the molecule is CCOc1ccc(-c2nc(S(=O)(=O)c3ccc(F)cc3)c(NC)o2)cc1. The van der Waals surface area contributed by atoms with Gasteiger partial charge in [-0.15, -0.1) is 0 Å². The van der Waals surface area contributed by atoms with Crippen molar-refractivity contribution in [3.05, 3.63) is 54.3 Å². The summed E-state index contributed by atoms with van der Waals surface area (Å²) in [6, 6.07) is 11.5. The first-order valence-electron chi connectivity index (χ1n) is 7.88. The number of ether oxygens (including phenoxy) is 1. The molecule has 1 heterocycles. The van der Waals surface area contributed by atoms with Crippen molar-refractivity contribution in [3.63, 3.8) is 0 Å². The highest BCUT2D eigenvalue weighted by atomic mass is 32.2. The molecule has 3 aromatic rings. The number of aromatic nitrogens is 1. The van der Waals surface area contributed by atoms with Crippen molar-refractivity contribution >= 4 is 15.7 Å². The van der Waals surface area contributed by atoms with Gasteiger partial charge in [-0.2, -0.15) is 4.98 Å². The minimum absolute atomic E-state index is 0.0122. The largest absolute Gasteiger partial charge is 0.494 e. The molecule has 0 aliphatic rings. The smallest absolute Gasteiger partial charge is 0.233 e. The Morgan fingerprint density at radius 1 is 1.12 bits per heavy atom. The molecule has 0 saturated carbocycles. The molecule has 2 aromatic carbocycles. The van der Waals surface area contributed by atoms with E-state index in [-0.39, 0.29) is 21.7 Å². The lowest BCUT2D eigenvalue weighted by Gasteiger charge is -2.02. The highest BCUT2D eigenvalue weighted by Crippen LogP contribution is 2.32. The minimum atomic E-state index is -3.96. The minimum Gasteiger partial charge on any atom is -0.494 e. The summed E-state index contributed by atoms with van der Waals surface area (Å²) in [5.41, 5.74) is 0.602. The molecule has 1 N–H and O–H groups in total. The Morgan fingerprint density at radius 2 is 1.77 bits per heavy atom. The second-order valence-electron chi connectivity index (χ2n) is 5.32. The van der Waals surface area contributed by atoms with Gasteiger partial charge in [0.15, 0.2) is 0 Å². The maximum absolute atomic E-state index is 13.1. The Kier molecular flexibility index (Phi) is 4.94. The van der Waals surface area contributed by atoms with Gasteiger partial charge in [-0.25, -0.2) is 12.8 Å². The van der Waals surface area contributed by atoms with Crippen LogP contribution in [0.15, 0.2) is 62.9 Å². The topological polar surface area (TPSA) is 81.4 Å². The van der Waals surface area contributed by atoms with Gasteiger partial charge in [0.1, 0.15) is 11.6 Å². The number of sulfone groups is 1.